The molecule has 0 saturated heterocycles. The highest BCUT2D eigenvalue weighted by Crippen LogP contribution is 2.33. The largest absolute Gasteiger partial charge is 0.511 e. The number of aliphatic hydroxyl groups excluding tert-OH is 1. The molecule has 0 spiro atoms. The normalized spacial score (nSPS) is 17.7. The summed E-state index contributed by atoms with van der Waals surface area (Å²) in [6.45, 7) is 2.06. The summed E-state index contributed by atoms with van der Waals surface area (Å²) in [5, 5.41) is 10.2. The molecule has 1 unspecified atom stereocenters. The van der Waals surface area contributed by atoms with Gasteiger partial charge in [0, 0.05) is 25.0 Å². The Labute approximate surface area is 150 Å². The van der Waals surface area contributed by atoms with Crippen molar-refractivity contribution in [1.29, 1.82) is 0 Å². The zero-order chi connectivity index (χ0) is 18.5. The van der Waals surface area contributed by atoms with Gasteiger partial charge in [-0.1, -0.05) is 0 Å². The monoisotopic (exact) mass is 353 g/mol. The van der Waals surface area contributed by atoms with Gasteiger partial charge in [0.15, 0.2) is 5.78 Å². The molecule has 0 radical (unpaired) electrons. The molecule has 6 nitrogen and oxygen atoms in total. The van der Waals surface area contributed by atoms with Gasteiger partial charge in [-0.3, -0.25) is 9.79 Å². The Morgan fingerprint density at radius 1 is 1.31 bits per heavy atom. The van der Waals surface area contributed by atoms with Gasteiger partial charge in [-0.15, -0.1) is 0 Å². The summed E-state index contributed by atoms with van der Waals surface area (Å²) < 4.78 is 10.2. The third-order valence-electron chi connectivity index (χ3n) is 4.15. The van der Waals surface area contributed by atoms with Gasteiger partial charge in [-0.05, 0) is 43.3 Å². The highest BCUT2D eigenvalue weighted by Gasteiger charge is 2.29. The van der Waals surface area contributed by atoms with Gasteiger partial charge >= 0.3 is 5.97 Å². The molecule has 0 amide bonds. The third kappa shape index (κ3) is 3.91. The average molecular weight is 353 g/mol. The van der Waals surface area contributed by atoms with Crippen LogP contribution in [-0.2, 0) is 9.53 Å². The lowest BCUT2D eigenvalue weighted by Crippen LogP contribution is -2.18. The zero-order valence-corrected chi connectivity index (χ0v) is 14.3. The molecule has 1 atom stereocenters. The fourth-order valence-corrected chi connectivity index (χ4v) is 2.82. The Morgan fingerprint density at radius 3 is 2.69 bits per heavy atom. The maximum absolute atomic E-state index is 12.3. The second-order valence-electron chi connectivity index (χ2n) is 5.93. The molecule has 1 aliphatic carbocycles. The molecule has 0 saturated carbocycles. The van der Waals surface area contributed by atoms with E-state index in [1.54, 1.807) is 49.6 Å². The van der Waals surface area contributed by atoms with Gasteiger partial charge in [0.1, 0.15) is 11.5 Å². The minimum Gasteiger partial charge on any atom is -0.511 e. The number of carbonyl (C=O) groups excluding carboxylic acids is 2. The first-order valence-electron chi connectivity index (χ1n) is 8.38. The maximum atomic E-state index is 12.3. The summed E-state index contributed by atoms with van der Waals surface area (Å²) >= 11 is 0. The Bertz CT molecular complexity index is 847. The van der Waals surface area contributed by atoms with Crippen LogP contribution in [0.1, 0.15) is 41.8 Å². The number of ketones is 1. The SMILES string of the molecule is CCOC(=O)c1ccc(N=CC2=C(O)CC(c3ccco3)CC2=O)cc1. The minimum absolute atomic E-state index is 0.00884. The van der Waals surface area contributed by atoms with Crippen molar-refractivity contribution in [3.63, 3.8) is 0 Å². The number of hydrogen-bond donors (Lipinski definition) is 1. The summed E-state index contributed by atoms with van der Waals surface area (Å²) in [6.07, 6.45) is 3.52. The van der Waals surface area contributed by atoms with E-state index in [9.17, 15) is 14.7 Å². The summed E-state index contributed by atoms with van der Waals surface area (Å²) in [6, 6.07) is 10.1. The summed E-state index contributed by atoms with van der Waals surface area (Å²) in [4.78, 5) is 28.2. The van der Waals surface area contributed by atoms with Gasteiger partial charge in [0.05, 0.1) is 29.7 Å². The molecule has 2 aromatic rings. The van der Waals surface area contributed by atoms with Gasteiger partial charge in [-0.25, -0.2) is 4.79 Å². The predicted molar refractivity (Wildman–Crippen MR) is 95.9 cm³/mol. The second kappa shape index (κ2) is 7.82. The smallest absolute Gasteiger partial charge is 0.338 e. The molecule has 1 heterocycles. The number of esters is 1. The number of rotatable bonds is 5. The van der Waals surface area contributed by atoms with Crippen molar-refractivity contribution in [3.8, 4) is 0 Å². The molecule has 1 aliphatic rings. The average Bonchev–Trinajstić information content (AvgIpc) is 3.16. The molecule has 0 aliphatic heterocycles. The van der Waals surface area contributed by atoms with Crippen LogP contribution in [0.3, 0.4) is 0 Å². The van der Waals surface area contributed by atoms with Crippen molar-refractivity contribution in [3.05, 3.63) is 65.3 Å². The van der Waals surface area contributed by atoms with E-state index in [1.165, 1.54) is 6.21 Å². The van der Waals surface area contributed by atoms with Crippen LogP contribution in [0, 0.1) is 0 Å². The van der Waals surface area contributed by atoms with Crippen LogP contribution in [0.25, 0.3) is 0 Å². The molecular formula is C20H19NO5. The topological polar surface area (TPSA) is 89.1 Å². The van der Waals surface area contributed by atoms with Crippen molar-refractivity contribution < 1.29 is 23.8 Å². The van der Waals surface area contributed by atoms with E-state index in [2.05, 4.69) is 4.99 Å². The Morgan fingerprint density at radius 2 is 2.08 bits per heavy atom. The Hall–Kier alpha value is -3.15. The number of hydrogen-bond acceptors (Lipinski definition) is 6. The first kappa shape index (κ1) is 17.7. The number of ether oxygens (including phenoxy) is 1. The van der Waals surface area contributed by atoms with Crippen molar-refractivity contribution in [2.24, 2.45) is 4.99 Å². The van der Waals surface area contributed by atoms with E-state index in [0.717, 1.165) is 0 Å². The van der Waals surface area contributed by atoms with E-state index >= 15 is 0 Å². The fraction of sp³-hybridized carbons (Fsp3) is 0.250. The fourth-order valence-electron chi connectivity index (χ4n) is 2.82. The lowest BCUT2D eigenvalue weighted by atomic mass is 9.86. The Balaban J connectivity index is 1.72. The van der Waals surface area contributed by atoms with Crippen molar-refractivity contribution in [2.45, 2.75) is 25.7 Å². The van der Waals surface area contributed by atoms with Crippen LogP contribution in [0.15, 0.2) is 63.4 Å². The van der Waals surface area contributed by atoms with Crippen LogP contribution in [0.2, 0.25) is 0 Å². The molecule has 1 aromatic heterocycles. The maximum Gasteiger partial charge on any atom is 0.338 e. The number of benzene rings is 1. The van der Waals surface area contributed by atoms with Gasteiger partial charge < -0.3 is 14.3 Å². The van der Waals surface area contributed by atoms with Crippen LogP contribution in [-0.4, -0.2) is 29.7 Å². The van der Waals surface area contributed by atoms with Crippen LogP contribution in [0.4, 0.5) is 5.69 Å². The summed E-state index contributed by atoms with van der Waals surface area (Å²) in [5.41, 5.74) is 1.21. The quantitative estimate of drug-likeness (QED) is 0.645. The van der Waals surface area contributed by atoms with Crippen LogP contribution >= 0.6 is 0 Å². The number of nitrogens with zero attached hydrogens (tertiary/aromatic N) is 1. The zero-order valence-electron chi connectivity index (χ0n) is 14.3. The second-order valence-corrected chi connectivity index (χ2v) is 5.93. The van der Waals surface area contributed by atoms with E-state index in [0.29, 0.717) is 30.0 Å². The number of Topliss-reactive ketones (excluding diaryl/α,β-unsaturated/α-hetero) is 1. The van der Waals surface area contributed by atoms with E-state index in [-0.39, 0.29) is 29.5 Å². The standard InChI is InChI=1S/C20H19NO5/c1-2-25-20(24)13-5-7-15(8-6-13)21-12-16-17(22)10-14(11-18(16)23)19-4-3-9-26-19/h3-9,12,14,22H,2,10-11H2,1H3. The van der Waals surface area contributed by atoms with E-state index in [1.807, 2.05) is 0 Å². The van der Waals surface area contributed by atoms with Gasteiger partial charge in [0.2, 0.25) is 0 Å². The van der Waals surface area contributed by atoms with E-state index < -0.39 is 5.97 Å². The van der Waals surface area contributed by atoms with Gasteiger partial charge in [0.25, 0.3) is 0 Å². The van der Waals surface area contributed by atoms with Crippen molar-refractivity contribution in [1.82, 2.24) is 0 Å². The van der Waals surface area contributed by atoms with Crippen LogP contribution in [0.5, 0.6) is 0 Å². The number of allylic oxidation sites excluding steroid dienone is 2. The highest BCUT2D eigenvalue weighted by molar-refractivity contribution is 6.15. The van der Waals surface area contributed by atoms with Crippen molar-refractivity contribution >= 4 is 23.7 Å². The molecule has 3 rings (SSSR count). The van der Waals surface area contributed by atoms with E-state index in [4.69, 9.17) is 9.15 Å². The minimum atomic E-state index is -0.394. The third-order valence-corrected chi connectivity index (χ3v) is 4.15. The summed E-state index contributed by atoms with van der Waals surface area (Å²) in [7, 11) is 0. The molecule has 1 N–H and O–H groups in total. The number of aliphatic hydroxyl groups is 1. The molecule has 0 bridgehead atoms. The lowest BCUT2D eigenvalue weighted by Gasteiger charge is -2.20. The van der Waals surface area contributed by atoms with Crippen molar-refractivity contribution in [2.75, 3.05) is 6.61 Å². The molecule has 134 valence electrons. The lowest BCUT2D eigenvalue weighted by molar-refractivity contribution is -0.116. The molecule has 0 fully saturated rings. The Kier molecular flexibility index (Phi) is 5.31. The highest BCUT2D eigenvalue weighted by atomic mass is 16.5. The van der Waals surface area contributed by atoms with Gasteiger partial charge in [-0.2, -0.15) is 0 Å². The number of carbonyl (C=O) groups is 2. The first-order valence-corrected chi connectivity index (χ1v) is 8.38. The van der Waals surface area contributed by atoms with Crippen LogP contribution < -0.4 is 0 Å². The molecule has 26 heavy (non-hydrogen) atoms. The number of furan rings is 1. The molecule has 1 aromatic carbocycles. The predicted octanol–water partition coefficient (Wildman–Crippen LogP) is 4.12. The number of aliphatic imine (C=N–C) groups is 1. The molecular weight excluding hydrogens is 334 g/mol. The summed E-state index contributed by atoms with van der Waals surface area (Å²) in [5.74, 6) is -0.0275. The molecule has 6 heteroatoms. The first-order chi connectivity index (χ1) is 12.6.